The summed E-state index contributed by atoms with van der Waals surface area (Å²) in [7, 11) is 0. The molecule has 0 aromatic rings. The van der Waals surface area contributed by atoms with E-state index in [1.165, 1.54) is 20.8 Å². The van der Waals surface area contributed by atoms with Crippen molar-refractivity contribution in [2.75, 3.05) is 0 Å². The Morgan fingerprint density at radius 3 is 2.00 bits per heavy atom. The van der Waals surface area contributed by atoms with Crippen LogP contribution >= 0.6 is 0 Å². The highest BCUT2D eigenvalue weighted by Crippen LogP contribution is 2.17. The highest BCUT2D eigenvalue weighted by atomic mass is 17.0. The van der Waals surface area contributed by atoms with Crippen molar-refractivity contribution in [3.63, 3.8) is 0 Å². The summed E-state index contributed by atoms with van der Waals surface area (Å²) in [5, 5.41) is 17.8. The molecule has 0 saturated carbocycles. The molecule has 0 radical (unpaired) electrons. The van der Waals surface area contributed by atoms with Gasteiger partial charge in [0.25, 0.3) is 10.2 Å². The fourth-order valence-corrected chi connectivity index (χ4v) is 0.522. The summed E-state index contributed by atoms with van der Waals surface area (Å²) in [5.74, 6) is 0. The summed E-state index contributed by atoms with van der Waals surface area (Å²) < 4.78 is 0. The molecule has 0 aliphatic rings. The molecular weight excluding hydrogens is 184 g/mol. The Morgan fingerprint density at radius 2 is 1.69 bits per heavy atom. The van der Waals surface area contributed by atoms with Crippen LogP contribution in [0.15, 0.2) is 0 Å². The first-order valence-electron chi connectivity index (χ1n) is 3.40. The maximum atomic E-state index is 9.96. The second-order valence-electron chi connectivity index (χ2n) is 2.89. The Morgan fingerprint density at radius 1 is 1.23 bits per heavy atom. The molecule has 0 bridgehead atoms. The Bertz CT molecular complexity index is 215. The lowest BCUT2D eigenvalue weighted by atomic mass is 10.0. The van der Waals surface area contributed by atoms with Gasteiger partial charge < -0.3 is 9.68 Å². The van der Waals surface area contributed by atoms with Gasteiger partial charge in [-0.1, -0.05) is 0 Å². The second-order valence-corrected chi connectivity index (χ2v) is 2.89. The molecule has 0 fully saturated rings. The standard InChI is InChI=1S/C5H10N2O6/c1-4(12-6(8)9)5(2,3)13-7(10)11/h4H,1-3H3. The normalized spacial score (nSPS) is 13.2. The smallest absolute Gasteiger partial charge is 0.295 e. The zero-order valence-corrected chi connectivity index (χ0v) is 7.42. The maximum absolute atomic E-state index is 9.96. The van der Waals surface area contributed by atoms with Crippen LogP contribution in [0.3, 0.4) is 0 Å². The zero-order valence-electron chi connectivity index (χ0n) is 7.42. The third kappa shape index (κ3) is 4.09. The molecule has 0 aliphatic heterocycles. The summed E-state index contributed by atoms with van der Waals surface area (Å²) >= 11 is 0. The van der Waals surface area contributed by atoms with Crippen LogP contribution < -0.4 is 0 Å². The summed E-state index contributed by atoms with van der Waals surface area (Å²) in [4.78, 5) is 28.2. The van der Waals surface area contributed by atoms with Gasteiger partial charge in [0.2, 0.25) is 0 Å². The quantitative estimate of drug-likeness (QED) is 0.468. The van der Waals surface area contributed by atoms with Crippen LogP contribution in [0, 0.1) is 20.2 Å². The van der Waals surface area contributed by atoms with Crippen molar-refractivity contribution in [2.45, 2.75) is 32.5 Å². The molecule has 8 nitrogen and oxygen atoms in total. The summed E-state index contributed by atoms with van der Waals surface area (Å²) in [6.45, 7) is 3.96. The Balaban J connectivity index is 4.25. The SMILES string of the molecule is CC(O[N+](=O)[O-])C(C)(C)O[N+](=O)[O-]. The van der Waals surface area contributed by atoms with Crippen molar-refractivity contribution < 1.29 is 19.8 Å². The summed E-state index contributed by atoms with van der Waals surface area (Å²) in [5.41, 5.74) is -1.35. The minimum absolute atomic E-state index is 1.01. The Labute approximate surface area is 73.6 Å². The van der Waals surface area contributed by atoms with E-state index in [0.29, 0.717) is 0 Å². The molecule has 0 N–H and O–H groups in total. The molecular formula is C5H10N2O6. The van der Waals surface area contributed by atoms with E-state index in [-0.39, 0.29) is 0 Å². The van der Waals surface area contributed by atoms with Crippen LogP contribution in [-0.2, 0) is 9.68 Å². The largest absolute Gasteiger partial charge is 0.308 e. The predicted molar refractivity (Wildman–Crippen MR) is 39.7 cm³/mol. The van der Waals surface area contributed by atoms with E-state index in [0.717, 1.165) is 0 Å². The molecule has 0 spiro atoms. The molecule has 0 aliphatic carbocycles. The van der Waals surface area contributed by atoms with E-state index >= 15 is 0 Å². The molecule has 0 aromatic carbocycles. The zero-order chi connectivity index (χ0) is 10.6. The molecule has 0 rings (SSSR count). The Hall–Kier alpha value is -1.60. The fourth-order valence-electron chi connectivity index (χ4n) is 0.522. The van der Waals surface area contributed by atoms with E-state index < -0.39 is 21.9 Å². The molecule has 1 unspecified atom stereocenters. The van der Waals surface area contributed by atoms with Gasteiger partial charge in [-0.3, -0.25) is 0 Å². The van der Waals surface area contributed by atoms with E-state index in [4.69, 9.17) is 0 Å². The molecule has 0 saturated heterocycles. The first-order chi connectivity index (χ1) is 5.75. The first kappa shape index (κ1) is 11.4. The van der Waals surface area contributed by atoms with Crippen LogP contribution in [0.4, 0.5) is 0 Å². The summed E-state index contributed by atoms with van der Waals surface area (Å²) in [6.07, 6.45) is -1.02. The van der Waals surface area contributed by atoms with E-state index in [2.05, 4.69) is 9.68 Å². The van der Waals surface area contributed by atoms with Crippen molar-refractivity contribution >= 4 is 0 Å². The maximum Gasteiger partial charge on any atom is 0.295 e. The van der Waals surface area contributed by atoms with E-state index in [1.807, 2.05) is 0 Å². The van der Waals surface area contributed by atoms with Gasteiger partial charge in [-0.05, 0) is 20.8 Å². The van der Waals surface area contributed by atoms with Gasteiger partial charge in [-0.25, -0.2) is 0 Å². The van der Waals surface area contributed by atoms with Gasteiger partial charge in [0.1, 0.15) is 11.7 Å². The van der Waals surface area contributed by atoms with E-state index in [9.17, 15) is 20.2 Å². The van der Waals surface area contributed by atoms with Crippen molar-refractivity contribution in [2.24, 2.45) is 0 Å². The number of rotatable bonds is 5. The van der Waals surface area contributed by atoms with Crippen LogP contribution in [0.5, 0.6) is 0 Å². The lowest BCUT2D eigenvalue weighted by Crippen LogP contribution is -2.41. The van der Waals surface area contributed by atoms with Gasteiger partial charge in [-0.15, -0.1) is 20.2 Å². The average Bonchev–Trinajstić information content (AvgIpc) is 1.81. The lowest BCUT2D eigenvalue weighted by Gasteiger charge is -2.26. The molecule has 76 valence electrons. The molecule has 0 aromatic heterocycles. The van der Waals surface area contributed by atoms with Gasteiger partial charge in [0.05, 0.1) is 0 Å². The van der Waals surface area contributed by atoms with Crippen molar-refractivity contribution in [3.05, 3.63) is 20.2 Å². The van der Waals surface area contributed by atoms with Crippen LogP contribution in [-0.4, -0.2) is 21.9 Å². The number of hydrogen-bond donors (Lipinski definition) is 0. The van der Waals surface area contributed by atoms with Crippen molar-refractivity contribution in [1.29, 1.82) is 0 Å². The highest BCUT2D eigenvalue weighted by molar-refractivity contribution is 4.73. The molecule has 0 heterocycles. The predicted octanol–water partition coefficient (Wildman–Crippen LogP) is 0.570. The minimum atomic E-state index is -1.35. The lowest BCUT2D eigenvalue weighted by molar-refractivity contribution is -0.807. The van der Waals surface area contributed by atoms with Crippen LogP contribution in [0.25, 0.3) is 0 Å². The first-order valence-corrected chi connectivity index (χ1v) is 3.40. The van der Waals surface area contributed by atoms with Crippen LogP contribution in [0.2, 0.25) is 0 Å². The van der Waals surface area contributed by atoms with Crippen LogP contribution in [0.1, 0.15) is 20.8 Å². The van der Waals surface area contributed by atoms with Crippen molar-refractivity contribution in [1.82, 2.24) is 0 Å². The summed E-state index contributed by atoms with van der Waals surface area (Å²) in [6, 6.07) is 0. The van der Waals surface area contributed by atoms with E-state index in [1.54, 1.807) is 0 Å². The Kier molecular flexibility index (Phi) is 3.40. The van der Waals surface area contributed by atoms with Gasteiger partial charge >= 0.3 is 0 Å². The average molecular weight is 194 g/mol. The van der Waals surface area contributed by atoms with Gasteiger partial charge in [0.15, 0.2) is 0 Å². The molecule has 8 heteroatoms. The van der Waals surface area contributed by atoms with Gasteiger partial charge in [-0.2, -0.15) is 0 Å². The molecule has 1 atom stereocenters. The topological polar surface area (TPSA) is 105 Å². The molecule has 0 amide bonds. The monoisotopic (exact) mass is 194 g/mol. The third-order valence-electron chi connectivity index (χ3n) is 1.53. The third-order valence-corrected chi connectivity index (χ3v) is 1.53. The number of nitrogens with zero attached hydrogens (tertiary/aromatic N) is 2. The highest BCUT2D eigenvalue weighted by Gasteiger charge is 2.32. The second kappa shape index (κ2) is 3.87. The van der Waals surface area contributed by atoms with Crippen molar-refractivity contribution in [3.8, 4) is 0 Å². The number of hydrogen-bond acceptors (Lipinski definition) is 6. The fraction of sp³-hybridized carbons (Fsp3) is 1.00. The minimum Gasteiger partial charge on any atom is -0.308 e. The molecule has 13 heavy (non-hydrogen) atoms. The van der Waals surface area contributed by atoms with Gasteiger partial charge in [0, 0.05) is 0 Å².